The van der Waals surface area contributed by atoms with Gasteiger partial charge in [0.05, 0.1) is 6.61 Å². The number of aromatic nitrogens is 1. The van der Waals surface area contributed by atoms with Gasteiger partial charge in [-0.1, -0.05) is 6.07 Å². The van der Waals surface area contributed by atoms with Crippen LogP contribution in [0.3, 0.4) is 0 Å². The highest BCUT2D eigenvalue weighted by atomic mass is 16.3. The third-order valence-electron chi connectivity index (χ3n) is 3.49. The topological polar surface area (TPSA) is 45.5 Å². The maximum Gasteiger partial charge on any atom is 0.242 e. The van der Waals surface area contributed by atoms with Gasteiger partial charge >= 0.3 is 0 Å². The van der Waals surface area contributed by atoms with Crippen molar-refractivity contribution in [3.05, 3.63) is 36.0 Å². The molecule has 1 N–H and O–H groups in total. The SMILES string of the molecule is CC(C)N(C)C(=O)Cn1ccc2cc(CO)ccc21. The molecule has 0 saturated carbocycles. The Morgan fingerprint density at radius 1 is 1.37 bits per heavy atom. The van der Waals surface area contributed by atoms with Gasteiger partial charge in [-0.25, -0.2) is 0 Å². The molecule has 0 radical (unpaired) electrons. The maximum absolute atomic E-state index is 12.1. The standard InChI is InChI=1S/C15H20N2O2/c1-11(2)16(3)15(19)9-17-7-6-13-8-12(10-18)4-5-14(13)17/h4-8,11,18H,9-10H2,1-3H3. The van der Waals surface area contributed by atoms with Gasteiger partial charge < -0.3 is 14.6 Å². The van der Waals surface area contributed by atoms with Crippen LogP contribution in [0.4, 0.5) is 0 Å². The average molecular weight is 260 g/mol. The van der Waals surface area contributed by atoms with Crippen molar-refractivity contribution in [2.45, 2.75) is 33.0 Å². The lowest BCUT2D eigenvalue weighted by Gasteiger charge is -2.21. The number of rotatable bonds is 4. The summed E-state index contributed by atoms with van der Waals surface area (Å²) in [4.78, 5) is 13.8. The molecule has 1 heterocycles. The second-order valence-corrected chi connectivity index (χ2v) is 5.09. The van der Waals surface area contributed by atoms with Gasteiger partial charge in [-0.3, -0.25) is 4.79 Å². The fourth-order valence-electron chi connectivity index (χ4n) is 2.03. The zero-order valence-electron chi connectivity index (χ0n) is 11.6. The lowest BCUT2D eigenvalue weighted by molar-refractivity contribution is -0.131. The molecule has 0 aliphatic heterocycles. The van der Waals surface area contributed by atoms with Crippen LogP contribution in [0.25, 0.3) is 10.9 Å². The molecule has 0 bridgehead atoms. The first kappa shape index (κ1) is 13.6. The van der Waals surface area contributed by atoms with Crippen LogP contribution >= 0.6 is 0 Å². The van der Waals surface area contributed by atoms with Crippen LogP contribution in [0.5, 0.6) is 0 Å². The Kier molecular flexibility index (Phi) is 3.90. The van der Waals surface area contributed by atoms with Crippen molar-refractivity contribution >= 4 is 16.8 Å². The van der Waals surface area contributed by atoms with Crippen LogP contribution in [0.2, 0.25) is 0 Å². The minimum atomic E-state index is 0.0378. The summed E-state index contributed by atoms with van der Waals surface area (Å²) < 4.78 is 1.94. The zero-order valence-corrected chi connectivity index (χ0v) is 11.6. The second kappa shape index (κ2) is 5.45. The van der Waals surface area contributed by atoms with E-state index < -0.39 is 0 Å². The molecular formula is C15H20N2O2. The number of benzene rings is 1. The fraction of sp³-hybridized carbons (Fsp3) is 0.400. The lowest BCUT2D eigenvalue weighted by atomic mass is 10.2. The predicted molar refractivity (Wildman–Crippen MR) is 75.8 cm³/mol. The molecule has 2 rings (SSSR count). The van der Waals surface area contributed by atoms with Crippen LogP contribution in [0.1, 0.15) is 19.4 Å². The first-order valence-corrected chi connectivity index (χ1v) is 6.47. The smallest absolute Gasteiger partial charge is 0.242 e. The highest BCUT2D eigenvalue weighted by molar-refractivity contribution is 5.83. The molecule has 0 fully saturated rings. The fourth-order valence-corrected chi connectivity index (χ4v) is 2.03. The Morgan fingerprint density at radius 2 is 2.11 bits per heavy atom. The van der Waals surface area contributed by atoms with E-state index in [1.165, 1.54) is 0 Å². The summed E-state index contributed by atoms with van der Waals surface area (Å²) in [6, 6.07) is 7.95. The minimum Gasteiger partial charge on any atom is -0.392 e. The molecule has 0 spiro atoms. The average Bonchev–Trinajstić information content (AvgIpc) is 2.79. The van der Waals surface area contributed by atoms with Crippen molar-refractivity contribution in [2.75, 3.05) is 7.05 Å². The molecule has 102 valence electrons. The number of hydrogen-bond acceptors (Lipinski definition) is 2. The van der Waals surface area contributed by atoms with E-state index in [2.05, 4.69) is 0 Å². The number of carbonyl (C=O) groups excluding carboxylic acids is 1. The molecule has 19 heavy (non-hydrogen) atoms. The van der Waals surface area contributed by atoms with Crippen molar-refractivity contribution in [2.24, 2.45) is 0 Å². The first-order chi connectivity index (χ1) is 9.02. The highest BCUT2D eigenvalue weighted by Crippen LogP contribution is 2.18. The summed E-state index contributed by atoms with van der Waals surface area (Å²) in [5.41, 5.74) is 1.90. The van der Waals surface area contributed by atoms with Crippen LogP contribution in [0, 0.1) is 0 Å². The van der Waals surface area contributed by atoms with E-state index in [0.29, 0.717) is 6.54 Å². The Hall–Kier alpha value is -1.81. The van der Waals surface area contributed by atoms with Crippen molar-refractivity contribution in [3.63, 3.8) is 0 Å². The molecule has 0 saturated heterocycles. The quantitative estimate of drug-likeness (QED) is 0.914. The summed E-state index contributed by atoms with van der Waals surface area (Å²) in [7, 11) is 1.82. The maximum atomic E-state index is 12.1. The number of fused-ring (bicyclic) bond motifs is 1. The molecule has 1 aromatic carbocycles. The van der Waals surface area contributed by atoms with E-state index in [1.54, 1.807) is 4.90 Å². The number of hydrogen-bond donors (Lipinski definition) is 1. The van der Waals surface area contributed by atoms with Crippen LogP contribution in [0.15, 0.2) is 30.5 Å². The summed E-state index contributed by atoms with van der Waals surface area (Å²) in [5.74, 6) is 0.0961. The second-order valence-electron chi connectivity index (χ2n) is 5.09. The number of likely N-dealkylation sites (N-methyl/N-ethyl adjacent to an activating group) is 1. The van der Waals surface area contributed by atoms with Crippen LogP contribution in [-0.4, -0.2) is 33.6 Å². The summed E-state index contributed by atoms with van der Waals surface area (Å²) in [6.07, 6.45) is 1.91. The van der Waals surface area contributed by atoms with Crippen molar-refractivity contribution in [1.82, 2.24) is 9.47 Å². The Bertz CT molecular complexity index is 587. The summed E-state index contributed by atoms with van der Waals surface area (Å²) in [5, 5.41) is 10.2. The van der Waals surface area contributed by atoms with E-state index in [4.69, 9.17) is 5.11 Å². The van der Waals surface area contributed by atoms with Gasteiger partial charge in [0.15, 0.2) is 0 Å². The molecule has 0 atom stereocenters. The molecule has 0 aliphatic carbocycles. The molecule has 2 aromatic rings. The van der Waals surface area contributed by atoms with Gasteiger partial charge in [-0.2, -0.15) is 0 Å². The van der Waals surface area contributed by atoms with E-state index in [0.717, 1.165) is 16.5 Å². The molecule has 0 unspecified atom stereocenters. The minimum absolute atomic E-state index is 0.0378. The third kappa shape index (κ3) is 2.79. The number of amides is 1. The monoisotopic (exact) mass is 260 g/mol. The highest BCUT2D eigenvalue weighted by Gasteiger charge is 2.13. The normalized spacial score (nSPS) is 11.2. The van der Waals surface area contributed by atoms with Crippen molar-refractivity contribution < 1.29 is 9.90 Å². The van der Waals surface area contributed by atoms with Gasteiger partial charge in [0, 0.05) is 24.8 Å². The lowest BCUT2D eigenvalue weighted by Crippen LogP contribution is -2.35. The molecule has 4 heteroatoms. The number of aliphatic hydroxyl groups excluding tert-OH is 1. The van der Waals surface area contributed by atoms with Crippen molar-refractivity contribution in [1.29, 1.82) is 0 Å². The van der Waals surface area contributed by atoms with Crippen LogP contribution in [-0.2, 0) is 17.9 Å². The van der Waals surface area contributed by atoms with Gasteiger partial charge in [-0.05, 0) is 43.0 Å². The molecule has 0 aliphatic rings. The Balaban J connectivity index is 2.24. The van der Waals surface area contributed by atoms with Crippen molar-refractivity contribution in [3.8, 4) is 0 Å². The molecule has 4 nitrogen and oxygen atoms in total. The predicted octanol–water partition coefficient (Wildman–Crippen LogP) is 2.00. The van der Waals surface area contributed by atoms with E-state index in [9.17, 15) is 4.79 Å². The Labute approximate surface area is 113 Å². The van der Waals surface area contributed by atoms with Gasteiger partial charge in [-0.15, -0.1) is 0 Å². The van der Waals surface area contributed by atoms with Gasteiger partial charge in [0.1, 0.15) is 6.54 Å². The van der Waals surface area contributed by atoms with E-state index in [1.807, 2.05) is 55.9 Å². The summed E-state index contributed by atoms with van der Waals surface area (Å²) in [6.45, 7) is 4.38. The Morgan fingerprint density at radius 3 is 2.74 bits per heavy atom. The third-order valence-corrected chi connectivity index (χ3v) is 3.49. The van der Waals surface area contributed by atoms with Crippen LogP contribution < -0.4 is 0 Å². The first-order valence-electron chi connectivity index (χ1n) is 6.47. The molecule has 1 amide bonds. The number of nitrogens with zero attached hydrogens (tertiary/aromatic N) is 2. The van der Waals surface area contributed by atoms with E-state index >= 15 is 0 Å². The summed E-state index contributed by atoms with van der Waals surface area (Å²) >= 11 is 0. The van der Waals surface area contributed by atoms with E-state index in [-0.39, 0.29) is 18.6 Å². The van der Waals surface area contributed by atoms with Gasteiger partial charge in [0.2, 0.25) is 5.91 Å². The number of aliphatic hydroxyl groups is 1. The number of carbonyl (C=O) groups is 1. The zero-order chi connectivity index (χ0) is 14.0. The molecular weight excluding hydrogens is 240 g/mol. The molecule has 1 aromatic heterocycles. The largest absolute Gasteiger partial charge is 0.392 e. The van der Waals surface area contributed by atoms with Gasteiger partial charge in [0.25, 0.3) is 0 Å².